The molecule has 3 heteroatoms. The van der Waals surface area contributed by atoms with E-state index in [4.69, 9.17) is 4.74 Å². The fourth-order valence-corrected chi connectivity index (χ4v) is 3.17. The van der Waals surface area contributed by atoms with Crippen LogP contribution in [0.15, 0.2) is 0 Å². The van der Waals surface area contributed by atoms with Crippen molar-refractivity contribution >= 4 is 11.8 Å². The van der Waals surface area contributed by atoms with Crippen molar-refractivity contribution in [3.05, 3.63) is 0 Å². The van der Waals surface area contributed by atoms with E-state index < -0.39 is 5.60 Å². The van der Waals surface area contributed by atoms with Gasteiger partial charge < -0.3 is 4.74 Å². The Kier molecular flexibility index (Phi) is 3.28. The molecule has 0 spiro atoms. The largest absolute Gasteiger partial charge is 0.460 e. The number of hydrogen-bond acceptors (Lipinski definition) is 3. The van der Waals surface area contributed by atoms with Gasteiger partial charge in [0.2, 0.25) is 0 Å². The number of carbonyl (C=O) groups is 2. The molecule has 0 aromatic carbocycles. The van der Waals surface area contributed by atoms with E-state index in [1.165, 1.54) is 0 Å². The number of ether oxygens (including phenoxy) is 1. The number of esters is 1. The quantitative estimate of drug-likeness (QED) is 0.695. The molecule has 2 saturated carbocycles. The molecule has 2 atom stereocenters. The third-order valence-corrected chi connectivity index (χ3v) is 3.78. The molecule has 0 saturated heterocycles. The van der Waals surface area contributed by atoms with Crippen molar-refractivity contribution in [1.82, 2.24) is 0 Å². The Balaban J connectivity index is 1.85. The topological polar surface area (TPSA) is 43.4 Å². The Bertz CT molecular complexity index is 311. The maximum Gasteiger partial charge on any atom is 0.306 e. The highest BCUT2D eigenvalue weighted by atomic mass is 16.6. The van der Waals surface area contributed by atoms with Crippen molar-refractivity contribution in [3.63, 3.8) is 0 Å². The molecule has 2 aliphatic rings. The maximum atomic E-state index is 11.7. The van der Waals surface area contributed by atoms with Crippen LogP contribution in [0.3, 0.4) is 0 Å². The first-order valence-electron chi connectivity index (χ1n) is 6.61. The molecule has 0 heterocycles. The molecule has 0 N–H and O–H groups in total. The SMILES string of the molecule is CC(C)(C)OC(=O)CC1CC2CCC(C1)C2=O. The van der Waals surface area contributed by atoms with Crippen LogP contribution in [0.5, 0.6) is 0 Å². The van der Waals surface area contributed by atoms with Gasteiger partial charge in [0, 0.05) is 18.3 Å². The van der Waals surface area contributed by atoms with Crippen LogP contribution < -0.4 is 0 Å². The lowest BCUT2D eigenvalue weighted by Gasteiger charge is -2.27. The van der Waals surface area contributed by atoms with Gasteiger partial charge in [0.15, 0.2) is 0 Å². The summed E-state index contributed by atoms with van der Waals surface area (Å²) in [6.45, 7) is 5.66. The van der Waals surface area contributed by atoms with Gasteiger partial charge in [0.05, 0.1) is 0 Å². The van der Waals surface area contributed by atoms with E-state index >= 15 is 0 Å². The summed E-state index contributed by atoms with van der Waals surface area (Å²) in [5, 5.41) is 0. The van der Waals surface area contributed by atoms with Crippen molar-refractivity contribution in [2.24, 2.45) is 17.8 Å². The van der Waals surface area contributed by atoms with Gasteiger partial charge in [0.25, 0.3) is 0 Å². The zero-order valence-corrected chi connectivity index (χ0v) is 11.0. The van der Waals surface area contributed by atoms with E-state index in [1.54, 1.807) is 0 Å². The fourth-order valence-electron chi connectivity index (χ4n) is 3.17. The highest BCUT2D eigenvalue weighted by molar-refractivity contribution is 5.86. The summed E-state index contributed by atoms with van der Waals surface area (Å²) < 4.78 is 5.33. The summed E-state index contributed by atoms with van der Waals surface area (Å²) in [5.74, 6) is 1.17. The van der Waals surface area contributed by atoms with Crippen LogP contribution in [0, 0.1) is 17.8 Å². The van der Waals surface area contributed by atoms with Gasteiger partial charge in [-0.1, -0.05) is 0 Å². The summed E-state index contributed by atoms with van der Waals surface area (Å²) in [7, 11) is 0. The Morgan fingerprint density at radius 3 is 2.24 bits per heavy atom. The zero-order chi connectivity index (χ0) is 12.6. The molecule has 2 rings (SSSR count). The van der Waals surface area contributed by atoms with Gasteiger partial charge in [-0.2, -0.15) is 0 Å². The van der Waals surface area contributed by atoms with Crippen LogP contribution in [0.1, 0.15) is 52.9 Å². The monoisotopic (exact) mass is 238 g/mol. The molecule has 3 nitrogen and oxygen atoms in total. The highest BCUT2D eigenvalue weighted by Crippen LogP contribution is 2.43. The zero-order valence-electron chi connectivity index (χ0n) is 11.0. The minimum absolute atomic E-state index is 0.115. The van der Waals surface area contributed by atoms with Gasteiger partial charge in [-0.15, -0.1) is 0 Å². The average molecular weight is 238 g/mol. The number of carbonyl (C=O) groups excluding carboxylic acids is 2. The standard InChI is InChI=1S/C14H22O3/c1-14(2,3)17-12(15)8-9-6-10-4-5-11(7-9)13(10)16/h9-11H,4-8H2,1-3H3. The van der Waals surface area contributed by atoms with Crippen LogP contribution >= 0.6 is 0 Å². The van der Waals surface area contributed by atoms with E-state index in [0.717, 1.165) is 25.7 Å². The molecule has 17 heavy (non-hydrogen) atoms. The van der Waals surface area contributed by atoms with Crippen LogP contribution in [-0.2, 0) is 14.3 Å². The number of hydrogen-bond donors (Lipinski definition) is 0. The predicted octanol–water partition coefficient (Wildman–Crippen LogP) is 2.72. The van der Waals surface area contributed by atoms with E-state index in [9.17, 15) is 9.59 Å². The summed E-state index contributed by atoms with van der Waals surface area (Å²) in [5.41, 5.74) is -0.402. The van der Waals surface area contributed by atoms with Gasteiger partial charge in [-0.25, -0.2) is 0 Å². The van der Waals surface area contributed by atoms with Crippen molar-refractivity contribution < 1.29 is 14.3 Å². The third-order valence-electron chi connectivity index (χ3n) is 3.78. The summed E-state index contributed by atoms with van der Waals surface area (Å²) >= 11 is 0. The van der Waals surface area contributed by atoms with Crippen molar-refractivity contribution in [3.8, 4) is 0 Å². The molecular formula is C14H22O3. The lowest BCUT2D eigenvalue weighted by Crippen LogP contribution is -2.30. The van der Waals surface area contributed by atoms with Crippen molar-refractivity contribution in [2.45, 2.75) is 58.5 Å². The average Bonchev–Trinajstić information content (AvgIpc) is 2.42. The molecule has 0 aliphatic heterocycles. The molecule has 96 valence electrons. The second-order valence-electron chi connectivity index (χ2n) is 6.50. The van der Waals surface area contributed by atoms with Gasteiger partial charge in [-0.3, -0.25) is 9.59 Å². The number of Topliss-reactive ketones (excluding diaryl/α,β-unsaturated/α-hetero) is 1. The van der Waals surface area contributed by atoms with Crippen LogP contribution in [0.25, 0.3) is 0 Å². The summed E-state index contributed by atoms with van der Waals surface area (Å²) in [4.78, 5) is 23.5. The molecule has 0 radical (unpaired) electrons. The first-order chi connectivity index (χ1) is 7.85. The first kappa shape index (κ1) is 12.6. The highest BCUT2D eigenvalue weighted by Gasteiger charge is 2.42. The molecule has 0 aromatic heterocycles. The van der Waals surface area contributed by atoms with Gasteiger partial charge in [-0.05, 0) is 52.4 Å². The van der Waals surface area contributed by atoms with Gasteiger partial charge >= 0.3 is 5.97 Å². The smallest absolute Gasteiger partial charge is 0.306 e. The Morgan fingerprint density at radius 2 is 1.76 bits per heavy atom. The van der Waals surface area contributed by atoms with Crippen LogP contribution in [-0.4, -0.2) is 17.4 Å². The molecule has 2 unspecified atom stereocenters. The number of fused-ring (bicyclic) bond motifs is 2. The fraction of sp³-hybridized carbons (Fsp3) is 0.857. The molecule has 2 bridgehead atoms. The van der Waals surface area contributed by atoms with E-state index in [0.29, 0.717) is 18.1 Å². The van der Waals surface area contributed by atoms with E-state index in [1.807, 2.05) is 20.8 Å². The lowest BCUT2D eigenvalue weighted by molar-refractivity contribution is -0.156. The first-order valence-corrected chi connectivity index (χ1v) is 6.61. The normalized spacial score (nSPS) is 32.6. The lowest BCUT2D eigenvalue weighted by atomic mass is 9.78. The molecule has 0 aromatic rings. The van der Waals surface area contributed by atoms with Crippen LogP contribution in [0.2, 0.25) is 0 Å². The molecule has 2 aliphatic carbocycles. The molecule has 0 amide bonds. The second-order valence-corrected chi connectivity index (χ2v) is 6.50. The van der Waals surface area contributed by atoms with E-state index in [2.05, 4.69) is 0 Å². The maximum absolute atomic E-state index is 11.7. The second kappa shape index (κ2) is 4.43. The Hall–Kier alpha value is -0.860. The minimum atomic E-state index is -0.402. The van der Waals surface area contributed by atoms with E-state index in [-0.39, 0.29) is 17.8 Å². The minimum Gasteiger partial charge on any atom is -0.460 e. The summed E-state index contributed by atoms with van der Waals surface area (Å²) in [6, 6.07) is 0. The third kappa shape index (κ3) is 3.08. The summed E-state index contributed by atoms with van der Waals surface area (Å²) in [6.07, 6.45) is 4.35. The van der Waals surface area contributed by atoms with Gasteiger partial charge in [0.1, 0.15) is 11.4 Å². The predicted molar refractivity (Wildman–Crippen MR) is 64.4 cm³/mol. The number of rotatable bonds is 2. The Morgan fingerprint density at radius 1 is 1.24 bits per heavy atom. The van der Waals surface area contributed by atoms with Crippen molar-refractivity contribution in [1.29, 1.82) is 0 Å². The number of ketones is 1. The van der Waals surface area contributed by atoms with Crippen LogP contribution in [0.4, 0.5) is 0 Å². The van der Waals surface area contributed by atoms with Crippen molar-refractivity contribution in [2.75, 3.05) is 0 Å². The molecule has 2 fully saturated rings. The Labute approximate surface area is 103 Å². The molecular weight excluding hydrogens is 216 g/mol.